The lowest BCUT2D eigenvalue weighted by atomic mass is 10.2. The number of benzene rings is 1. The highest BCUT2D eigenvalue weighted by Gasteiger charge is 2.08. The van der Waals surface area contributed by atoms with Crippen LogP contribution in [-0.2, 0) is 17.9 Å². The first-order chi connectivity index (χ1) is 9.99. The number of nitrogens with two attached hydrogens (primary N) is 1. The first-order valence-electron chi connectivity index (χ1n) is 6.63. The average Bonchev–Trinajstić information content (AvgIpc) is 2.43. The van der Waals surface area contributed by atoms with Crippen molar-refractivity contribution in [3.05, 3.63) is 57.8 Å². The predicted molar refractivity (Wildman–Crippen MR) is 80.9 cm³/mol. The van der Waals surface area contributed by atoms with Crippen molar-refractivity contribution in [2.24, 2.45) is 5.73 Å². The number of anilines is 1. The number of amides is 1. The molecule has 3 N–H and O–H groups in total. The SMILES string of the molecule is Cc1cc(C)n(CC(=O)Nc2ccc(CN)cc2)c(=O)n1. The molecule has 1 heterocycles. The second kappa shape index (κ2) is 6.32. The molecule has 110 valence electrons. The van der Waals surface area contributed by atoms with Crippen LogP contribution in [-0.4, -0.2) is 15.5 Å². The Labute approximate surface area is 122 Å². The lowest BCUT2D eigenvalue weighted by Gasteiger charge is -2.10. The summed E-state index contributed by atoms with van der Waals surface area (Å²) in [5, 5.41) is 2.74. The molecule has 0 saturated heterocycles. The van der Waals surface area contributed by atoms with E-state index in [1.54, 1.807) is 32.0 Å². The summed E-state index contributed by atoms with van der Waals surface area (Å²) in [6.45, 7) is 3.92. The van der Waals surface area contributed by atoms with E-state index in [-0.39, 0.29) is 12.5 Å². The van der Waals surface area contributed by atoms with Gasteiger partial charge in [0.05, 0.1) is 0 Å². The quantitative estimate of drug-likeness (QED) is 0.876. The van der Waals surface area contributed by atoms with Gasteiger partial charge in [0.1, 0.15) is 6.54 Å². The lowest BCUT2D eigenvalue weighted by molar-refractivity contribution is -0.116. The van der Waals surface area contributed by atoms with Crippen LogP contribution >= 0.6 is 0 Å². The van der Waals surface area contributed by atoms with E-state index in [1.807, 2.05) is 12.1 Å². The standard InChI is InChI=1S/C15H18N4O2/c1-10-7-11(2)19(15(21)17-10)9-14(20)18-13-5-3-12(8-16)4-6-13/h3-7H,8-9,16H2,1-2H3,(H,18,20). The van der Waals surface area contributed by atoms with Crippen LogP contribution in [0.1, 0.15) is 17.0 Å². The third-order valence-corrected chi connectivity index (χ3v) is 3.12. The number of aromatic nitrogens is 2. The molecular formula is C15H18N4O2. The summed E-state index contributed by atoms with van der Waals surface area (Å²) in [5.74, 6) is -0.272. The minimum absolute atomic E-state index is 0.0589. The Bertz CT molecular complexity index is 705. The average molecular weight is 286 g/mol. The Morgan fingerprint density at radius 2 is 1.95 bits per heavy atom. The summed E-state index contributed by atoms with van der Waals surface area (Å²) in [5.41, 5.74) is 8.11. The van der Waals surface area contributed by atoms with Gasteiger partial charge in [0.2, 0.25) is 5.91 Å². The fourth-order valence-corrected chi connectivity index (χ4v) is 2.04. The monoisotopic (exact) mass is 286 g/mol. The zero-order valence-corrected chi connectivity index (χ0v) is 12.1. The predicted octanol–water partition coefficient (Wildman–Crippen LogP) is 0.958. The normalized spacial score (nSPS) is 10.4. The highest BCUT2D eigenvalue weighted by atomic mass is 16.2. The smallest absolute Gasteiger partial charge is 0.326 e. The van der Waals surface area contributed by atoms with E-state index in [2.05, 4.69) is 10.3 Å². The van der Waals surface area contributed by atoms with E-state index in [9.17, 15) is 9.59 Å². The molecule has 0 fully saturated rings. The van der Waals surface area contributed by atoms with E-state index in [0.717, 1.165) is 5.56 Å². The molecule has 2 rings (SSSR count). The van der Waals surface area contributed by atoms with Crippen LogP contribution < -0.4 is 16.7 Å². The number of rotatable bonds is 4. The minimum Gasteiger partial charge on any atom is -0.326 e. The van der Waals surface area contributed by atoms with Gasteiger partial charge in [-0.1, -0.05) is 12.1 Å². The van der Waals surface area contributed by atoms with Gasteiger partial charge in [-0.05, 0) is 37.6 Å². The molecule has 6 heteroatoms. The molecule has 6 nitrogen and oxygen atoms in total. The summed E-state index contributed by atoms with van der Waals surface area (Å²) < 4.78 is 1.34. The Kier molecular flexibility index (Phi) is 4.49. The van der Waals surface area contributed by atoms with Gasteiger partial charge in [-0.25, -0.2) is 4.79 Å². The Hall–Kier alpha value is -2.47. The highest BCUT2D eigenvalue weighted by Crippen LogP contribution is 2.09. The molecule has 0 aliphatic heterocycles. The zero-order valence-electron chi connectivity index (χ0n) is 12.1. The zero-order chi connectivity index (χ0) is 15.4. The first kappa shape index (κ1) is 14.9. The van der Waals surface area contributed by atoms with Crippen molar-refractivity contribution in [2.45, 2.75) is 26.9 Å². The van der Waals surface area contributed by atoms with Crippen molar-refractivity contribution >= 4 is 11.6 Å². The molecule has 0 unspecified atom stereocenters. The second-order valence-electron chi connectivity index (χ2n) is 4.86. The van der Waals surface area contributed by atoms with Crippen molar-refractivity contribution in [3.63, 3.8) is 0 Å². The number of hydrogen-bond acceptors (Lipinski definition) is 4. The van der Waals surface area contributed by atoms with E-state index in [0.29, 0.717) is 23.6 Å². The van der Waals surface area contributed by atoms with Crippen molar-refractivity contribution in [2.75, 3.05) is 5.32 Å². The van der Waals surface area contributed by atoms with E-state index < -0.39 is 5.69 Å². The van der Waals surface area contributed by atoms with Crippen LogP contribution in [0.5, 0.6) is 0 Å². The fraction of sp³-hybridized carbons (Fsp3) is 0.267. The maximum atomic E-state index is 12.0. The molecular weight excluding hydrogens is 268 g/mol. The van der Waals surface area contributed by atoms with Gasteiger partial charge in [-0.15, -0.1) is 0 Å². The van der Waals surface area contributed by atoms with Crippen molar-refractivity contribution in [3.8, 4) is 0 Å². The van der Waals surface area contributed by atoms with Crippen molar-refractivity contribution < 1.29 is 4.79 Å². The topological polar surface area (TPSA) is 90.0 Å². The molecule has 0 bridgehead atoms. The van der Waals surface area contributed by atoms with Crippen LogP contribution in [0.3, 0.4) is 0 Å². The minimum atomic E-state index is -0.416. The molecule has 0 radical (unpaired) electrons. The van der Waals surface area contributed by atoms with Gasteiger partial charge in [-0.2, -0.15) is 4.98 Å². The Balaban J connectivity index is 2.10. The molecule has 21 heavy (non-hydrogen) atoms. The van der Waals surface area contributed by atoms with Gasteiger partial charge in [0.25, 0.3) is 0 Å². The molecule has 0 saturated carbocycles. The molecule has 0 atom stereocenters. The van der Waals surface area contributed by atoms with Gasteiger partial charge in [-0.3, -0.25) is 9.36 Å². The number of carbonyl (C=O) groups is 1. The van der Waals surface area contributed by atoms with Crippen molar-refractivity contribution in [1.82, 2.24) is 9.55 Å². The highest BCUT2D eigenvalue weighted by molar-refractivity contribution is 5.90. The van der Waals surface area contributed by atoms with E-state index >= 15 is 0 Å². The number of hydrogen-bond donors (Lipinski definition) is 2. The maximum absolute atomic E-state index is 12.0. The van der Waals surface area contributed by atoms with Gasteiger partial charge >= 0.3 is 5.69 Å². The molecule has 1 amide bonds. The van der Waals surface area contributed by atoms with Crippen LogP contribution in [0, 0.1) is 13.8 Å². The molecule has 0 aliphatic carbocycles. The summed E-state index contributed by atoms with van der Waals surface area (Å²) in [7, 11) is 0. The van der Waals surface area contributed by atoms with E-state index in [1.165, 1.54) is 4.57 Å². The van der Waals surface area contributed by atoms with Gasteiger partial charge in [0, 0.05) is 23.6 Å². The largest absolute Gasteiger partial charge is 0.348 e. The Morgan fingerprint density at radius 1 is 1.29 bits per heavy atom. The first-order valence-corrected chi connectivity index (χ1v) is 6.63. The molecule has 2 aromatic rings. The van der Waals surface area contributed by atoms with Gasteiger partial charge in [0.15, 0.2) is 0 Å². The number of nitrogens with one attached hydrogen (secondary N) is 1. The van der Waals surface area contributed by atoms with Crippen LogP contribution in [0.15, 0.2) is 35.1 Å². The second-order valence-corrected chi connectivity index (χ2v) is 4.86. The number of nitrogens with zero attached hydrogens (tertiary/aromatic N) is 2. The number of carbonyl (C=O) groups excluding carboxylic acids is 1. The lowest BCUT2D eigenvalue weighted by Crippen LogP contribution is -2.31. The third kappa shape index (κ3) is 3.76. The summed E-state index contributed by atoms with van der Waals surface area (Å²) >= 11 is 0. The van der Waals surface area contributed by atoms with Crippen LogP contribution in [0.2, 0.25) is 0 Å². The maximum Gasteiger partial charge on any atom is 0.348 e. The molecule has 0 aliphatic rings. The third-order valence-electron chi connectivity index (χ3n) is 3.12. The van der Waals surface area contributed by atoms with Crippen LogP contribution in [0.4, 0.5) is 5.69 Å². The number of aryl methyl sites for hydroxylation is 2. The molecule has 1 aromatic heterocycles. The summed E-state index contributed by atoms with van der Waals surface area (Å²) in [4.78, 5) is 27.6. The fourth-order valence-electron chi connectivity index (χ4n) is 2.04. The molecule has 1 aromatic carbocycles. The van der Waals surface area contributed by atoms with E-state index in [4.69, 9.17) is 5.73 Å². The Morgan fingerprint density at radius 3 is 2.52 bits per heavy atom. The molecule has 0 spiro atoms. The summed E-state index contributed by atoms with van der Waals surface area (Å²) in [6, 6.07) is 9.03. The van der Waals surface area contributed by atoms with Crippen molar-refractivity contribution in [1.29, 1.82) is 0 Å². The summed E-state index contributed by atoms with van der Waals surface area (Å²) in [6.07, 6.45) is 0. The van der Waals surface area contributed by atoms with Crippen LogP contribution in [0.25, 0.3) is 0 Å². The van der Waals surface area contributed by atoms with Gasteiger partial charge < -0.3 is 11.1 Å².